The largest absolute Gasteiger partial charge is 0.255 e. The number of rotatable bonds is 1. The van der Waals surface area contributed by atoms with Crippen molar-refractivity contribution in [3.05, 3.63) is 39.8 Å². The number of aromatic nitrogens is 1. The lowest BCUT2D eigenvalue weighted by molar-refractivity contribution is 1.28. The summed E-state index contributed by atoms with van der Waals surface area (Å²) in [6, 6.07) is 8.25. The molecule has 2 aromatic heterocycles. The second-order valence-electron chi connectivity index (χ2n) is 2.82. The van der Waals surface area contributed by atoms with Crippen LogP contribution >= 0.6 is 27.3 Å². The molecule has 0 aliphatic heterocycles. The number of hydrogen-bond donors (Lipinski definition) is 0. The Morgan fingerprint density at radius 3 is 2.62 bits per heavy atom. The van der Waals surface area contributed by atoms with E-state index in [1.165, 1.54) is 10.4 Å². The average Bonchev–Trinajstić information content (AvgIpc) is 2.53. The topological polar surface area (TPSA) is 12.9 Å². The van der Waals surface area contributed by atoms with Gasteiger partial charge >= 0.3 is 0 Å². The maximum Gasteiger partial charge on any atom is 0.0802 e. The van der Waals surface area contributed by atoms with E-state index in [4.69, 9.17) is 0 Å². The van der Waals surface area contributed by atoms with E-state index in [-0.39, 0.29) is 0 Å². The van der Waals surface area contributed by atoms with Gasteiger partial charge in [0, 0.05) is 6.20 Å². The second-order valence-corrected chi connectivity index (χ2v) is 5.29. The van der Waals surface area contributed by atoms with Gasteiger partial charge in [-0.1, -0.05) is 6.07 Å². The Morgan fingerprint density at radius 1 is 1.23 bits per heavy atom. The van der Waals surface area contributed by atoms with E-state index < -0.39 is 0 Å². The molecule has 3 heteroatoms. The molecule has 0 fully saturated rings. The first-order valence-corrected chi connectivity index (χ1v) is 5.55. The predicted octanol–water partition coefficient (Wildman–Crippen LogP) is 3.88. The van der Waals surface area contributed by atoms with Crippen LogP contribution in [0, 0.1) is 6.92 Å². The van der Waals surface area contributed by atoms with Gasteiger partial charge in [-0.05, 0) is 46.6 Å². The maximum absolute atomic E-state index is 4.35. The third-order valence-corrected chi connectivity index (χ3v) is 3.38. The smallest absolute Gasteiger partial charge is 0.0802 e. The van der Waals surface area contributed by atoms with Crippen LogP contribution < -0.4 is 0 Å². The molecule has 0 bridgehead atoms. The molecule has 0 amide bonds. The fourth-order valence-electron chi connectivity index (χ4n) is 1.07. The van der Waals surface area contributed by atoms with Crippen molar-refractivity contribution in [2.24, 2.45) is 0 Å². The van der Waals surface area contributed by atoms with Gasteiger partial charge in [0.05, 0.1) is 14.4 Å². The van der Waals surface area contributed by atoms with Crippen LogP contribution in [-0.2, 0) is 0 Å². The van der Waals surface area contributed by atoms with Crippen molar-refractivity contribution in [2.45, 2.75) is 6.92 Å². The Kier molecular flexibility index (Phi) is 2.47. The molecule has 1 nitrogen and oxygen atoms in total. The van der Waals surface area contributed by atoms with Crippen molar-refractivity contribution in [1.29, 1.82) is 0 Å². The summed E-state index contributed by atoms with van der Waals surface area (Å²) in [5.41, 5.74) is 2.24. The molecule has 0 aromatic carbocycles. The first kappa shape index (κ1) is 8.91. The highest BCUT2D eigenvalue weighted by atomic mass is 79.9. The van der Waals surface area contributed by atoms with Gasteiger partial charge in [0.1, 0.15) is 0 Å². The highest BCUT2D eigenvalue weighted by molar-refractivity contribution is 9.11. The summed E-state index contributed by atoms with van der Waals surface area (Å²) in [4.78, 5) is 5.55. The molecule has 2 heterocycles. The van der Waals surface area contributed by atoms with Crippen molar-refractivity contribution in [3.63, 3.8) is 0 Å². The molecule has 0 spiro atoms. The SMILES string of the molecule is Cc1ccc(-c2ccc(Br)s2)nc1. The molecule has 66 valence electrons. The molecule has 0 saturated carbocycles. The van der Waals surface area contributed by atoms with Gasteiger partial charge in [-0.15, -0.1) is 11.3 Å². The van der Waals surface area contributed by atoms with Gasteiger partial charge in [-0.25, -0.2) is 0 Å². The molecule has 2 rings (SSSR count). The van der Waals surface area contributed by atoms with Crippen molar-refractivity contribution in [2.75, 3.05) is 0 Å². The Balaban J connectivity index is 2.41. The monoisotopic (exact) mass is 253 g/mol. The Morgan fingerprint density at radius 2 is 2.08 bits per heavy atom. The van der Waals surface area contributed by atoms with Gasteiger partial charge in [0.2, 0.25) is 0 Å². The third-order valence-electron chi connectivity index (χ3n) is 1.74. The average molecular weight is 254 g/mol. The van der Waals surface area contributed by atoms with Crippen LogP contribution in [0.5, 0.6) is 0 Å². The van der Waals surface area contributed by atoms with Crippen LogP contribution in [0.1, 0.15) is 5.56 Å². The van der Waals surface area contributed by atoms with Gasteiger partial charge in [-0.3, -0.25) is 4.98 Å². The van der Waals surface area contributed by atoms with Crippen LogP contribution in [0.4, 0.5) is 0 Å². The zero-order valence-electron chi connectivity index (χ0n) is 7.12. The van der Waals surface area contributed by atoms with Crippen LogP contribution in [0.3, 0.4) is 0 Å². The highest BCUT2D eigenvalue weighted by Gasteiger charge is 2.01. The zero-order valence-corrected chi connectivity index (χ0v) is 9.52. The molecule has 13 heavy (non-hydrogen) atoms. The summed E-state index contributed by atoms with van der Waals surface area (Å²) < 4.78 is 1.14. The van der Waals surface area contributed by atoms with E-state index in [2.05, 4.69) is 33.0 Å². The van der Waals surface area contributed by atoms with E-state index in [9.17, 15) is 0 Å². The normalized spacial score (nSPS) is 10.3. The van der Waals surface area contributed by atoms with Gasteiger partial charge < -0.3 is 0 Å². The highest BCUT2D eigenvalue weighted by Crippen LogP contribution is 2.29. The number of halogens is 1. The Bertz CT molecular complexity index is 405. The van der Waals surface area contributed by atoms with E-state index in [1.807, 2.05) is 25.3 Å². The van der Waals surface area contributed by atoms with Crippen LogP contribution in [0.25, 0.3) is 10.6 Å². The fraction of sp³-hybridized carbons (Fsp3) is 0.100. The lowest BCUT2D eigenvalue weighted by Gasteiger charge is -1.95. The predicted molar refractivity (Wildman–Crippen MR) is 60.0 cm³/mol. The molecule has 0 radical (unpaired) electrons. The van der Waals surface area contributed by atoms with Gasteiger partial charge in [-0.2, -0.15) is 0 Å². The fourth-order valence-corrected chi connectivity index (χ4v) is 2.43. The minimum atomic E-state index is 1.04. The molecular formula is C10H8BrNS. The summed E-state index contributed by atoms with van der Waals surface area (Å²) in [6.07, 6.45) is 1.89. The van der Waals surface area contributed by atoms with Crippen LogP contribution in [0.2, 0.25) is 0 Å². The minimum absolute atomic E-state index is 1.04. The molecular weight excluding hydrogens is 246 g/mol. The lowest BCUT2D eigenvalue weighted by atomic mass is 10.2. The summed E-state index contributed by atoms with van der Waals surface area (Å²) in [5.74, 6) is 0. The second kappa shape index (κ2) is 3.60. The number of pyridine rings is 1. The number of thiophene rings is 1. The van der Waals surface area contributed by atoms with E-state index in [1.54, 1.807) is 11.3 Å². The van der Waals surface area contributed by atoms with E-state index in [0.29, 0.717) is 0 Å². The quantitative estimate of drug-likeness (QED) is 0.752. The first-order valence-electron chi connectivity index (χ1n) is 3.94. The van der Waals surface area contributed by atoms with Crippen molar-refractivity contribution < 1.29 is 0 Å². The van der Waals surface area contributed by atoms with Crippen LogP contribution in [0.15, 0.2) is 34.2 Å². The molecule has 0 aliphatic rings. The molecule has 2 aromatic rings. The van der Waals surface area contributed by atoms with Crippen molar-refractivity contribution in [3.8, 4) is 10.6 Å². The molecule has 0 unspecified atom stereocenters. The summed E-state index contributed by atoms with van der Waals surface area (Å²) in [5, 5.41) is 0. The molecule has 0 aliphatic carbocycles. The molecule has 0 atom stereocenters. The van der Waals surface area contributed by atoms with Crippen molar-refractivity contribution >= 4 is 27.3 Å². The number of nitrogens with zero attached hydrogens (tertiary/aromatic N) is 1. The summed E-state index contributed by atoms with van der Waals surface area (Å²) >= 11 is 5.14. The molecule has 0 N–H and O–H groups in total. The Hall–Kier alpha value is -0.670. The van der Waals surface area contributed by atoms with Crippen LogP contribution in [-0.4, -0.2) is 4.98 Å². The van der Waals surface area contributed by atoms with Gasteiger partial charge in [0.15, 0.2) is 0 Å². The van der Waals surface area contributed by atoms with Gasteiger partial charge in [0.25, 0.3) is 0 Å². The maximum atomic E-state index is 4.35. The van der Waals surface area contributed by atoms with Crippen molar-refractivity contribution in [1.82, 2.24) is 4.98 Å². The first-order chi connectivity index (χ1) is 6.25. The standard InChI is InChI=1S/C10H8BrNS/c1-7-2-3-8(12-6-7)9-4-5-10(11)13-9/h2-6H,1H3. The summed E-state index contributed by atoms with van der Waals surface area (Å²) in [7, 11) is 0. The minimum Gasteiger partial charge on any atom is -0.255 e. The molecule has 0 saturated heterocycles. The lowest BCUT2D eigenvalue weighted by Crippen LogP contribution is -1.79. The van der Waals surface area contributed by atoms with E-state index in [0.717, 1.165) is 9.48 Å². The summed E-state index contributed by atoms with van der Waals surface area (Å²) in [6.45, 7) is 2.04. The third kappa shape index (κ3) is 1.98. The zero-order chi connectivity index (χ0) is 9.26. The number of aryl methyl sites for hydroxylation is 1. The van der Waals surface area contributed by atoms with E-state index >= 15 is 0 Å². The number of hydrogen-bond acceptors (Lipinski definition) is 2. The Labute approximate surface area is 89.6 Å².